The largest absolute Gasteiger partial charge is 0.466 e. The third-order valence-corrected chi connectivity index (χ3v) is 2.71. The van der Waals surface area contributed by atoms with E-state index in [2.05, 4.69) is 0 Å². The topological polar surface area (TPSA) is 43.4 Å². The first-order chi connectivity index (χ1) is 7.47. The van der Waals surface area contributed by atoms with E-state index in [1.54, 1.807) is 6.92 Å². The van der Waals surface area contributed by atoms with Crippen molar-refractivity contribution in [1.29, 1.82) is 0 Å². The van der Waals surface area contributed by atoms with Crippen molar-refractivity contribution >= 4 is 11.8 Å². The molecule has 0 saturated carbocycles. The molecule has 0 heterocycles. The Morgan fingerprint density at radius 2 is 2.00 bits per heavy atom. The van der Waals surface area contributed by atoms with Crippen LogP contribution >= 0.6 is 0 Å². The number of hydrogen-bond donors (Lipinski definition) is 0. The fourth-order valence-electron chi connectivity index (χ4n) is 1.82. The van der Waals surface area contributed by atoms with Gasteiger partial charge in [-0.3, -0.25) is 9.59 Å². The van der Waals surface area contributed by atoms with Crippen molar-refractivity contribution in [2.75, 3.05) is 6.61 Å². The van der Waals surface area contributed by atoms with E-state index in [-0.39, 0.29) is 23.5 Å². The molecule has 16 heavy (non-hydrogen) atoms. The summed E-state index contributed by atoms with van der Waals surface area (Å²) < 4.78 is 4.77. The minimum absolute atomic E-state index is 0.0796. The molecule has 0 aromatic carbocycles. The van der Waals surface area contributed by atoms with Crippen LogP contribution in [0.1, 0.15) is 27.2 Å². The minimum Gasteiger partial charge on any atom is -0.466 e. The lowest BCUT2D eigenvalue weighted by atomic mass is 9.73. The van der Waals surface area contributed by atoms with E-state index >= 15 is 0 Å². The Morgan fingerprint density at radius 1 is 1.31 bits per heavy atom. The molecule has 0 bridgehead atoms. The van der Waals surface area contributed by atoms with Gasteiger partial charge in [-0.05, 0) is 12.3 Å². The molecule has 0 aromatic heterocycles. The van der Waals surface area contributed by atoms with Gasteiger partial charge in [-0.25, -0.2) is 0 Å². The lowest BCUT2D eigenvalue weighted by Crippen LogP contribution is -2.30. The van der Waals surface area contributed by atoms with Crippen molar-refractivity contribution in [1.82, 2.24) is 0 Å². The summed E-state index contributed by atoms with van der Waals surface area (Å²) >= 11 is 0. The van der Waals surface area contributed by atoms with Crippen molar-refractivity contribution in [2.24, 2.45) is 11.3 Å². The fraction of sp³-hybridized carbons (Fsp3) is 0.538. The number of rotatable bonds is 4. The van der Waals surface area contributed by atoms with Crippen LogP contribution in [0.2, 0.25) is 0 Å². The van der Waals surface area contributed by atoms with E-state index in [1.807, 2.05) is 38.2 Å². The summed E-state index contributed by atoms with van der Waals surface area (Å²) in [7, 11) is 0. The van der Waals surface area contributed by atoms with Crippen LogP contribution < -0.4 is 0 Å². The first kappa shape index (κ1) is 12.7. The Labute approximate surface area is 96.2 Å². The molecule has 0 fully saturated rings. The second-order valence-electron chi connectivity index (χ2n) is 4.49. The third-order valence-electron chi connectivity index (χ3n) is 2.71. The quantitative estimate of drug-likeness (QED) is 0.541. The average Bonchev–Trinajstić information content (AvgIpc) is 2.16. The summed E-state index contributed by atoms with van der Waals surface area (Å²) in [5, 5.41) is 0. The predicted molar refractivity (Wildman–Crippen MR) is 61.8 cm³/mol. The number of ether oxygens (including phenoxy) is 1. The van der Waals surface area contributed by atoms with E-state index < -0.39 is 5.97 Å². The zero-order chi connectivity index (χ0) is 12.2. The van der Waals surface area contributed by atoms with Gasteiger partial charge < -0.3 is 4.74 Å². The zero-order valence-corrected chi connectivity index (χ0v) is 10.0. The van der Waals surface area contributed by atoms with Gasteiger partial charge in [0, 0.05) is 5.92 Å². The minimum atomic E-state index is -0.439. The second kappa shape index (κ2) is 5.10. The van der Waals surface area contributed by atoms with Crippen LogP contribution in [0.15, 0.2) is 24.3 Å². The molecule has 1 atom stereocenters. The Balaban J connectivity index is 2.64. The lowest BCUT2D eigenvalue weighted by Gasteiger charge is -2.29. The fourth-order valence-corrected chi connectivity index (χ4v) is 1.82. The smallest absolute Gasteiger partial charge is 0.313 e. The van der Waals surface area contributed by atoms with Gasteiger partial charge in [-0.15, -0.1) is 0 Å². The van der Waals surface area contributed by atoms with Gasteiger partial charge in [0.2, 0.25) is 0 Å². The molecular formula is C13H18O3. The highest BCUT2D eigenvalue weighted by Crippen LogP contribution is 2.33. The summed E-state index contributed by atoms with van der Waals surface area (Å²) in [5.74, 6) is -0.753. The van der Waals surface area contributed by atoms with Crippen LogP contribution in [0.25, 0.3) is 0 Å². The summed E-state index contributed by atoms with van der Waals surface area (Å²) in [6, 6.07) is 0. The SMILES string of the molecule is CCOC(=O)CC(=O)C1C=CC=CC1(C)C. The van der Waals surface area contributed by atoms with Crippen LogP contribution in [-0.2, 0) is 14.3 Å². The van der Waals surface area contributed by atoms with Gasteiger partial charge in [0.25, 0.3) is 0 Å². The van der Waals surface area contributed by atoms with Crippen molar-refractivity contribution in [3.05, 3.63) is 24.3 Å². The molecule has 0 aliphatic heterocycles. The molecule has 1 aliphatic rings. The monoisotopic (exact) mass is 222 g/mol. The number of esters is 1. The standard InChI is InChI=1S/C13H18O3/c1-4-16-12(15)9-11(14)10-7-5-6-8-13(10,2)3/h5-8,10H,4,9H2,1-3H3. The summed E-state index contributed by atoms with van der Waals surface area (Å²) in [5.41, 5.74) is -0.224. The molecule has 0 spiro atoms. The van der Waals surface area contributed by atoms with Gasteiger partial charge in [0.05, 0.1) is 6.61 Å². The van der Waals surface area contributed by atoms with E-state index in [1.165, 1.54) is 0 Å². The van der Waals surface area contributed by atoms with E-state index in [0.29, 0.717) is 6.61 Å². The van der Waals surface area contributed by atoms with Crippen LogP contribution in [-0.4, -0.2) is 18.4 Å². The number of carbonyl (C=O) groups is 2. The molecule has 0 saturated heterocycles. The average molecular weight is 222 g/mol. The molecule has 88 valence electrons. The molecule has 3 heteroatoms. The molecule has 1 unspecified atom stereocenters. The molecular weight excluding hydrogens is 204 g/mol. The maximum atomic E-state index is 11.9. The maximum Gasteiger partial charge on any atom is 0.313 e. The summed E-state index contributed by atoms with van der Waals surface area (Å²) in [6.07, 6.45) is 7.47. The van der Waals surface area contributed by atoms with Crippen molar-refractivity contribution in [3.8, 4) is 0 Å². The van der Waals surface area contributed by atoms with Crippen molar-refractivity contribution in [2.45, 2.75) is 27.2 Å². The van der Waals surface area contributed by atoms with Gasteiger partial charge in [0.1, 0.15) is 6.42 Å². The number of ketones is 1. The van der Waals surface area contributed by atoms with Crippen LogP contribution in [0, 0.1) is 11.3 Å². The number of hydrogen-bond acceptors (Lipinski definition) is 3. The Hall–Kier alpha value is -1.38. The number of Topliss-reactive ketones (excluding diaryl/α,β-unsaturated/α-hetero) is 1. The molecule has 0 amide bonds. The first-order valence-electron chi connectivity index (χ1n) is 5.51. The molecule has 3 nitrogen and oxygen atoms in total. The molecule has 0 N–H and O–H groups in total. The first-order valence-corrected chi connectivity index (χ1v) is 5.51. The zero-order valence-electron chi connectivity index (χ0n) is 10.0. The van der Waals surface area contributed by atoms with Gasteiger partial charge in [-0.2, -0.15) is 0 Å². The predicted octanol–water partition coefficient (Wildman–Crippen LogP) is 2.28. The van der Waals surface area contributed by atoms with Gasteiger partial charge >= 0.3 is 5.97 Å². The maximum absolute atomic E-state index is 11.9. The Morgan fingerprint density at radius 3 is 2.56 bits per heavy atom. The number of allylic oxidation sites excluding steroid dienone is 4. The third kappa shape index (κ3) is 3.05. The van der Waals surface area contributed by atoms with Crippen LogP contribution in [0.5, 0.6) is 0 Å². The van der Waals surface area contributed by atoms with Crippen LogP contribution in [0.3, 0.4) is 0 Å². The summed E-state index contributed by atoms with van der Waals surface area (Å²) in [4.78, 5) is 23.1. The van der Waals surface area contributed by atoms with Crippen molar-refractivity contribution in [3.63, 3.8) is 0 Å². The normalized spacial score (nSPS) is 21.8. The van der Waals surface area contributed by atoms with Crippen molar-refractivity contribution < 1.29 is 14.3 Å². The molecule has 1 rings (SSSR count). The Bertz CT molecular complexity index is 337. The highest BCUT2D eigenvalue weighted by atomic mass is 16.5. The highest BCUT2D eigenvalue weighted by molar-refractivity contribution is 5.98. The van der Waals surface area contributed by atoms with E-state index in [9.17, 15) is 9.59 Å². The van der Waals surface area contributed by atoms with Gasteiger partial charge in [-0.1, -0.05) is 38.2 Å². The molecule has 0 aromatic rings. The van der Waals surface area contributed by atoms with Crippen LogP contribution in [0.4, 0.5) is 0 Å². The molecule has 1 aliphatic carbocycles. The van der Waals surface area contributed by atoms with E-state index in [0.717, 1.165) is 0 Å². The Kier molecular flexibility index (Phi) is 4.05. The van der Waals surface area contributed by atoms with E-state index in [4.69, 9.17) is 4.74 Å². The summed E-state index contributed by atoms with van der Waals surface area (Å²) in [6.45, 7) is 6.02. The molecule has 0 radical (unpaired) electrons. The second-order valence-corrected chi connectivity index (χ2v) is 4.49. The van der Waals surface area contributed by atoms with Gasteiger partial charge in [0.15, 0.2) is 5.78 Å². The highest BCUT2D eigenvalue weighted by Gasteiger charge is 2.33. The lowest BCUT2D eigenvalue weighted by molar-refractivity contribution is -0.146. The number of carbonyl (C=O) groups excluding carboxylic acids is 2.